The van der Waals surface area contributed by atoms with E-state index in [-0.39, 0.29) is 0 Å². The van der Waals surface area contributed by atoms with Crippen LogP contribution in [0.25, 0.3) is 22.3 Å². The summed E-state index contributed by atoms with van der Waals surface area (Å²) >= 11 is 0. The number of H-pyrrole nitrogens is 1. The quantitative estimate of drug-likeness (QED) is 0.743. The lowest BCUT2D eigenvalue weighted by Gasteiger charge is -2.35. The van der Waals surface area contributed by atoms with Gasteiger partial charge >= 0.3 is 0 Å². The molecule has 0 radical (unpaired) electrons. The largest absolute Gasteiger partial charge is 0.378 e. The maximum atomic E-state index is 9.33. The summed E-state index contributed by atoms with van der Waals surface area (Å²) in [6, 6.07) is 7.47. The van der Waals surface area contributed by atoms with Crippen LogP contribution < -0.4 is 0 Å². The van der Waals surface area contributed by atoms with Crippen molar-refractivity contribution < 1.29 is 4.74 Å². The number of hydrogen-bond acceptors (Lipinski definition) is 5. The Kier molecular flexibility index (Phi) is 3.65. The molecule has 0 spiro atoms. The van der Waals surface area contributed by atoms with Gasteiger partial charge in [0.25, 0.3) is 0 Å². The molecule has 5 heterocycles. The first-order chi connectivity index (χ1) is 14.1. The second-order valence-corrected chi connectivity index (χ2v) is 8.93. The summed E-state index contributed by atoms with van der Waals surface area (Å²) in [6.07, 6.45) is 3.56. The van der Waals surface area contributed by atoms with Crippen molar-refractivity contribution in [3.63, 3.8) is 0 Å². The Bertz CT molecular complexity index is 1120. The molecule has 1 saturated carbocycles. The van der Waals surface area contributed by atoms with E-state index in [0.717, 1.165) is 47.3 Å². The van der Waals surface area contributed by atoms with Crippen molar-refractivity contribution >= 4 is 11.0 Å². The Balaban J connectivity index is 1.32. The summed E-state index contributed by atoms with van der Waals surface area (Å²) in [5.41, 5.74) is 4.63. The van der Waals surface area contributed by atoms with Gasteiger partial charge in [0.15, 0.2) is 0 Å². The van der Waals surface area contributed by atoms with Crippen molar-refractivity contribution in [1.82, 2.24) is 24.6 Å². The smallest absolute Gasteiger partial charge is 0.138 e. The number of rotatable bonds is 4. The van der Waals surface area contributed by atoms with Crippen LogP contribution in [-0.4, -0.2) is 57.0 Å². The van der Waals surface area contributed by atoms with Gasteiger partial charge < -0.3 is 9.72 Å². The Morgan fingerprint density at radius 2 is 2.03 bits per heavy atom. The lowest BCUT2D eigenvalue weighted by Crippen LogP contribution is -2.48. The van der Waals surface area contributed by atoms with E-state index in [1.165, 1.54) is 18.8 Å². The fraction of sp³-hybridized carbons (Fsp3) is 0.500. The first-order valence-electron chi connectivity index (χ1n) is 10.4. The van der Waals surface area contributed by atoms with Gasteiger partial charge in [-0.3, -0.25) is 9.58 Å². The molecular weight excluding hydrogens is 364 g/mol. The molecule has 2 saturated heterocycles. The normalized spacial score (nSPS) is 26.6. The molecule has 6 rings (SSSR count). The minimum Gasteiger partial charge on any atom is -0.378 e. The number of nitrogens with zero attached hydrogens (tertiary/aromatic N) is 5. The van der Waals surface area contributed by atoms with Crippen LogP contribution in [0.1, 0.15) is 37.1 Å². The molecule has 7 nitrogen and oxygen atoms in total. The van der Waals surface area contributed by atoms with E-state index in [4.69, 9.17) is 9.84 Å². The molecule has 0 unspecified atom stereocenters. The fourth-order valence-corrected chi connectivity index (χ4v) is 5.18. The molecule has 3 aromatic rings. The third-order valence-corrected chi connectivity index (χ3v) is 6.90. The third kappa shape index (κ3) is 2.56. The summed E-state index contributed by atoms with van der Waals surface area (Å²) in [6.45, 7) is 8.55. The first kappa shape index (κ1) is 17.2. The lowest BCUT2D eigenvalue weighted by molar-refractivity contribution is -0.0610. The van der Waals surface area contributed by atoms with Crippen molar-refractivity contribution in [2.45, 2.75) is 31.8 Å². The minimum atomic E-state index is 0.315. The van der Waals surface area contributed by atoms with Crippen LogP contribution in [0.3, 0.4) is 0 Å². The van der Waals surface area contributed by atoms with E-state index >= 15 is 0 Å². The number of nitriles is 1. The zero-order chi connectivity index (χ0) is 19.7. The summed E-state index contributed by atoms with van der Waals surface area (Å²) in [4.78, 5) is 10.2. The van der Waals surface area contributed by atoms with E-state index in [1.54, 1.807) is 6.20 Å². The highest BCUT2D eigenvalue weighted by atomic mass is 16.5. The molecule has 1 N–H and O–H groups in total. The second-order valence-electron chi connectivity index (χ2n) is 8.93. The highest BCUT2D eigenvalue weighted by Gasteiger charge is 2.58. The number of ether oxygens (including phenoxy) is 1. The maximum absolute atomic E-state index is 9.33. The number of fused-ring (bicyclic) bond motifs is 2. The standard InChI is InChI=1S/C22H24N6O/c1-12(2)28-20(21-17-8-27(9-18(17)21)15-10-29-11-15)4-19(26-28)13-3-16-14(5-23)7-25-22(16)24-6-13/h3-4,6-7,12,15,17-18,21H,8-11H2,1-2H3,(H,24,25)/t17-,18+,21+. The SMILES string of the molecule is CC(C)n1nc(-c2cnc3[nH]cc(C#N)c3c2)cc1[C@H]1[C@@H]2CN(C3COC3)C[C@@H]21. The van der Waals surface area contributed by atoms with Gasteiger partial charge in [0.1, 0.15) is 11.7 Å². The molecule has 0 aromatic carbocycles. The van der Waals surface area contributed by atoms with Crippen LogP contribution >= 0.6 is 0 Å². The van der Waals surface area contributed by atoms with E-state index in [1.807, 2.05) is 12.3 Å². The van der Waals surface area contributed by atoms with Crippen molar-refractivity contribution in [3.8, 4) is 17.3 Å². The van der Waals surface area contributed by atoms with Crippen molar-refractivity contribution in [2.75, 3.05) is 26.3 Å². The second kappa shape index (κ2) is 6.15. The van der Waals surface area contributed by atoms with Crippen LogP contribution in [0, 0.1) is 23.2 Å². The van der Waals surface area contributed by atoms with Gasteiger partial charge in [-0.1, -0.05) is 0 Å². The number of aromatic amines is 1. The molecule has 3 atom stereocenters. The Labute approximate surface area is 169 Å². The molecule has 7 heteroatoms. The topological polar surface area (TPSA) is 82.8 Å². The van der Waals surface area contributed by atoms with E-state index in [2.05, 4.69) is 45.5 Å². The fourth-order valence-electron chi connectivity index (χ4n) is 5.18. The van der Waals surface area contributed by atoms with Gasteiger partial charge in [-0.2, -0.15) is 10.4 Å². The molecule has 3 fully saturated rings. The zero-order valence-corrected chi connectivity index (χ0v) is 16.7. The van der Waals surface area contributed by atoms with Gasteiger partial charge in [-0.15, -0.1) is 0 Å². The molecular formula is C22H24N6O. The molecule has 2 aliphatic heterocycles. The summed E-state index contributed by atoms with van der Waals surface area (Å²) < 4.78 is 7.56. The van der Waals surface area contributed by atoms with Crippen LogP contribution in [0.2, 0.25) is 0 Å². The van der Waals surface area contributed by atoms with Crippen LogP contribution in [0.5, 0.6) is 0 Å². The average Bonchev–Trinajstić information content (AvgIpc) is 3.10. The van der Waals surface area contributed by atoms with Gasteiger partial charge in [-0.05, 0) is 37.8 Å². The Morgan fingerprint density at radius 1 is 1.24 bits per heavy atom. The predicted octanol–water partition coefficient (Wildman–Crippen LogP) is 2.92. The monoisotopic (exact) mass is 388 g/mol. The molecule has 29 heavy (non-hydrogen) atoms. The first-order valence-corrected chi connectivity index (χ1v) is 10.4. The van der Waals surface area contributed by atoms with Gasteiger partial charge in [-0.25, -0.2) is 4.98 Å². The number of piperidine rings is 1. The average molecular weight is 388 g/mol. The van der Waals surface area contributed by atoms with Gasteiger partial charge in [0.05, 0.1) is 30.5 Å². The summed E-state index contributed by atoms with van der Waals surface area (Å²) in [5, 5.41) is 15.1. The van der Waals surface area contributed by atoms with Crippen molar-refractivity contribution in [3.05, 3.63) is 35.8 Å². The molecule has 0 bridgehead atoms. The number of nitrogens with one attached hydrogen (secondary N) is 1. The number of pyridine rings is 1. The molecule has 148 valence electrons. The highest BCUT2D eigenvalue weighted by Crippen LogP contribution is 2.59. The van der Waals surface area contributed by atoms with Crippen molar-refractivity contribution in [1.29, 1.82) is 5.26 Å². The third-order valence-electron chi connectivity index (χ3n) is 6.90. The van der Waals surface area contributed by atoms with E-state index < -0.39 is 0 Å². The van der Waals surface area contributed by atoms with E-state index in [0.29, 0.717) is 23.6 Å². The van der Waals surface area contributed by atoms with E-state index in [9.17, 15) is 5.26 Å². The maximum Gasteiger partial charge on any atom is 0.138 e. The number of aromatic nitrogens is 4. The number of hydrogen-bond donors (Lipinski definition) is 1. The summed E-state index contributed by atoms with van der Waals surface area (Å²) in [7, 11) is 0. The van der Waals surface area contributed by atoms with Crippen molar-refractivity contribution in [2.24, 2.45) is 11.8 Å². The van der Waals surface area contributed by atoms with Crippen LogP contribution in [-0.2, 0) is 4.74 Å². The zero-order valence-electron chi connectivity index (χ0n) is 16.7. The molecule has 0 amide bonds. The number of likely N-dealkylation sites (tertiary alicyclic amines) is 1. The Morgan fingerprint density at radius 3 is 2.69 bits per heavy atom. The lowest BCUT2D eigenvalue weighted by atomic mass is 10.1. The van der Waals surface area contributed by atoms with Gasteiger partial charge in [0.2, 0.25) is 0 Å². The highest BCUT2D eigenvalue weighted by molar-refractivity contribution is 5.86. The van der Waals surface area contributed by atoms with Gasteiger partial charge in [0, 0.05) is 54.1 Å². The van der Waals surface area contributed by atoms with Crippen LogP contribution in [0.15, 0.2) is 24.5 Å². The minimum absolute atomic E-state index is 0.315. The Hall–Kier alpha value is -2.69. The molecule has 3 aromatic heterocycles. The molecule has 3 aliphatic rings. The predicted molar refractivity (Wildman–Crippen MR) is 108 cm³/mol. The van der Waals surface area contributed by atoms with Crippen LogP contribution in [0.4, 0.5) is 0 Å². The summed E-state index contributed by atoms with van der Waals surface area (Å²) in [5.74, 6) is 2.09. The molecule has 1 aliphatic carbocycles.